The Labute approximate surface area is 205 Å². The second-order valence-electron chi connectivity index (χ2n) is 9.09. The number of rotatable bonds is 8. The maximum absolute atomic E-state index is 13.4. The number of alkyl carbamates (subject to hydrolysis) is 1. The maximum Gasteiger partial charge on any atom is 0.408 e. The SMILES string of the molecule is COc1cc(NC(=O)[C@H](Cc2cn(C)c3ccccc23)NC(=O)OC(C)(C)C)cc(OC)c1OC. The van der Waals surface area contributed by atoms with Crippen LogP contribution in [0.25, 0.3) is 10.9 Å². The van der Waals surface area contributed by atoms with Gasteiger partial charge in [-0.05, 0) is 32.4 Å². The van der Waals surface area contributed by atoms with Crippen molar-refractivity contribution in [2.24, 2.45) is 7.05 Å². The van der Waals surface area contributed by atoms with Gasteiger partial charge in [0.25, 0.3) is 0 Å². The summed E-state index contributed by atoms with van der Waals surface area (Å²) < 4.78 is 23.5. The second kappa shape index (κ2) is 10.6. The predicted octanol–water partition coefficient (Wildman–Crippen LogP) is 4.28. The quantitative estimate of drug-likeness (QED) is 0.496. The van der Waals surface area contributed by atoms with Gasteiger partial charge in [-0.25, -0.2) is 4.79 Å². The van der Waals surface area contributed by atoms with Gasteiger partial charge in [0, 0.05) is 48.4 Å². The topological polar surface area (TPSA) is 100 Å². The van der Waals surface area contributed by atoms with Gasteiger partial charge in [0.2, 0.25) is 11.7 Å². The lowest BCUT2D eigenvalue weighted by molar-refractivity contribution is -0.118. The average molecular weight is 484 g/mol. The second-order valence-corrected chi connectivity index (χ2v) is 9.09. The minimum absolute atomic E-state index is 0.261. The van der Waals surface area contributed by atoms with E-state index in [1.54, 1.807) is 32.9 Å². The number of hydrogen-bond acceptors (Lipinski definition) is 6. The van der Waals surface area contributed by atoms with Crippen molar-refractivity contribution >= 4 is 28.6 Å². The highest BCUT2D eigenvalue weighted by Crippen LogP contribution is 2.40. The van der Waals surface area contributed by atoms with Crippen LogP contribution in [0.3, 0.4) is 0 Å². The molecule has 1 atom stereocenters. The standard InChI is InChI=1S/C26H33N3O6/c1-26(2,3)35-25(31)28-19(12-16-15-29(4)20-11-9-8-10-18(16)20)24(30)27-17-13-21(32-5)23(34-7)22(14-17)33-6/h8-11,13-15,19H,12H2,1-7H3,(H,27,30)(H,28,31)/t19-/m0/s1. The highest BCUT2D eigenvalue weighted by Gasteiger charge is 2.27. The van der Waals surface area contributed by atoms with Gasteiger partial charge in [0.15, 0.2) is 11.5 Å². The molecule has 0 aliphatic heterocycles. The number of anilines is 1. The number of aromatic nitrogens is 1. The number of methoxy groups -OCH3 is 3. The molecule has 0 spiro atoms. The van der Waals surface area contributed by atoms with Crippen molar-refractivity contribution < 1.29 is 28.5 Å². The lowest BCUT2D eigenvalue weighted by Gasteiger charge is -2.23. The molecular formula is C26H33N3O6. The van der Waals surface area contributed by atoms with Crippen LogP contribution in [0.15, 0.2) is 42.6 Å². The van der Waals surface area contributed by atoms with E-state index in [-0.39, 0.29) is 6.42 Å². The summed E-state index contributed by atoms with van der Waals surface area (Å²) in [6, 6.07) is 10.2. The number of carbonyl (C=O) groups is 2. The lowest BCUT2D eigenvalue weighted by atomic mass is 10.0. The van der Waals surface area contributed by atoms with E-state index in [0.29, 0.717) is 22.9 Å². The van der Waals surface area contributed by atoms with Crippen molar-refractivity contribution in [1.29, 1.82) is 0 Å². The number of para-hydroxylation sites is 1. The summed E-state index contributed by atoms with van der Waals surface area (Å²) in [4.78, 5) is 26.0. The molecular weight excluding hydrogens is 450 g/mol. The van der Waals surface area contributed by atoms with Crippen molar-refractivity contribution in [3.63, 3.8) is 0 Å². The summed E-state index contributed by atoms with van der Waals surface area (Å²) in [7, 11) is 6.44. The number of amides is 2. The fourth-order valence-electron chi connectivity index (χ4n) is 3.85. The molecule has 0 unspecified atom stereocenters. The summed E-state index contributed by atoms with van der Waals surface area (Å²) in [6.07, 6.45) is 1.54. The fourth-order valence-corrected chi connectivity index (χ4v) is 3.85. The maximum atomic E-state index is 13.4. The first-order valence-corrected chi connectivity index (χ1v) is 11.2. The summed E-state index contributed by atoms with van der Waals surface area (Å²) in [5.74, 6) is 0.783. The molecule has 0 bridgehead atoms. The van der Waals surface area contributed by atoms with Crippen LogP contribution in [-0.2, 0) is 23.0 Å². The molecule has 0 saturated heterocycles. The lowest BCUT2D eigenvalue weighted by Crippen LogP contribution is -2.47. The monoisotopic (exact) mass is 483 g/mol. The first-order valence-electron chi connectivity index (χ1n) is 11.2. The molecule has 0 fully saturated rings. The molecule has 1 heterocycles. The zero-order chi connectivity index (χ0) is 25.8. The van der Waals surface area contributed by atoms with Gasteiger partial charge in [0.05, 0.1) is 21.3 Å². The largest absolute Gasteiger partial charge is 0.493 e. The van der Waals surface area contributed by atoms with E-state index in [2.05, 4.69) is 10.6 Å². The van der Waals surface area contributed by atoms with Gasteiger partial charge in [-0.3, -0.25) is 4.79 Å². The molecule has 0 aliphatic rings. The Kier molecular flexibility index (Phi) is 7.78. The van der Waals surface area contributed by atoms with Crippen LogP contribution in [0.5, 0.6) is 17.2 Å². The van der Waals surface area contributed by atoms with E-state index >= 15 is 0 Å². The summed E-state index contributed by atoms with van der Waals surface area (Å²) in [5, 5.41) is 6.59. The Morgan fingerprint density at radius 1 is 1.00 bits per heavy atom. The van der Waals surface area contributed by atoms with Gasteiger partial charge in [-0.2, -0.15) is 0 Å². The van der Waals surface area contributed by atoms with Crippen molar-refractivity contribution in [1.82, 2.24) is 9.88 Å². The minimum atomic E-state index is -0.908. The number of benzene rings is 2. The van der Waals surface area contributed by atoms with Gasteiger partial charge in [-0.1, -0.05) is 18.2 Å². The fraction of sp³-hybridized carbons (Fsp3) is 0.385. The van der Waals surface area contributed by atoms with E-state index < -0.39 is 23.6 Å². The van der Waals surface area contributed by atoms with E-state index in [4.69, 9.17) is 18.9 Å². The van der Waals surface area contributed by atoms with Crippen molar-refractivity contribution in [3.8, 4) is 17.2 Å². The zero-order valence-electron chi connectivity index (χ0n) is 21.2. The number of carbonyl (C=O) groups excluding carboxylic acids is 2. The van der Waals surface area contributed by atoms with E-state index in [1.165, 1.54) is 21.3 Å². The van der Waals surface area contributed by atoms with E-state index in [9.17, 15) is 9.59 Å². The summed E-state index contributed by atoms with van der Waals surface area (Å²) in [6.45, 7) is 5.30. The van der Waals surface area contributed by atoms with Crippen LogP contribution in [0, 0.1) is 0 Å². The Balaban J connectivity index is 1.92. The Morgan fingerprint density at radius 3 is 2.20 bits per heavy atom. The number of ether oxygens (including phenoxy) is 4. The third-order valence-electron chi connectivity index (χ3n) is 5.34. The molecule has 9 nitrogen and oxygen atoms in total. The van der Waals surface area contributed by atoms with E-state index in [0.717, 1.165) is 16.5 Å². The molecule has 2 N–H and O–H groups in total. The Bertz CT molecular complexity index is 1190. The average Bonchev–Trinajstić information content (AvgIpc) is 3.12. The smallest absolute Gasteiger partial charge is 0.408 e. The highest BCUT2D eigenvalue weighted by atomic mass is 16.6. The number of fused-ring (bicyclic) bond motifs is 1. The molecule has 9 heteroatoms. The minimum Gasteiger partial charge on any atom is -0.493 e. The molecule has 188 valence electrons. The van der Waals surface area contributed by atoms with Crippen LogP contribution in [0.1, 0.15) is 26.3 Å². The molecule has 1 aromatic heterocycles. The van der Waals surface area contributed by atoms with Crippen LogP contribution < -0.4 is 24.8 Å². The van der Waals surface area contributed by atoms with Gasteiger partial charge < -0.3 is 34.1 Å². The van der Waals surface area contributed by atoms with Crippen LogP contribution in [0.4, 0.5) is 10.5 Å². The van der Waals surface area contributed by atoms with Gasteiger partial charge in [-0.15, -0.1) is 0 Å². The molecule has 0 radical (unpaired) electrons. The number of aryl methyl sites for hydroxylation is 1. The van der Waals surface area contributed by atoms with E-state index in [1.807, 2.05) is 42.1 Å². The number of nitrogens with one attached hydrogen (secondary N) is 2. The third kappa shape index (κ3) is 6.17. The molecule has 2 amide bonds. The first-order chi connectivity index (χ1) is 16.6. The zero-order valence-corrected chi connectivity index (χ0v) is 21.2. The highest BCUT2D eigenvalue weighted by molar-refractivity contribution is 5.98. The molecule has 3 rings (SSSR count). The van der Waals surface area contributed by atoms with Crippen molar-refractivity contribution in [2.45, 2.75) is 38.8 Å². The van der Waals surface area contributed by atoms with Crippen LogP contribution >= 0.6 is 0 Å². The molecule has 35 heavy (non-hydrogen) atoms. The van der Waals surface area contributed by atoms with Crippen molar-refractivity contribution in [3.05, 3.63) is 48.2 Å². The van der Waals surface area contributed by atoms with Crippen LogP contribution in [0.2, 0.25) is 0 Å². The third-order valence-corrected chi connectivity index (χ3v) is 5.34. The number of nitrogens with zero attached hydrogens (tertiary/aromatic N) is 1. The van der Waals surface area contributed by atoms with Gasteiger partial charge in [0.1, 0.15) is 11.6 Å². The molecule has 2 aromatic carbocycles. The summed E-state index contributed by atoms with van der Waals surface area (Å²) >= 11 is 0. The van der Waals surface area contributed by atoms with Gasteiger partial charge >= 0.3 is 6.09 Å². The number of hydrogen-bond donors (Lipinski definition) is 2. The Morgan fingerprint density at radius 2 is 1.63 bits per heavy atom. The normalized spacial score (nSPS) is 12.1. The Hall–Kier alpha value is -3.88. The van der Waals surface area contributed by atoms with Crippen molar-refractivity contribution in [2.75, 3.05) is 26.6 Å². The van der Waals surface area contributed by atoms with Crippen LogP contribution in [-0.4, -0.2) is 49.5 Å². The molecule has 0 aliphatic carbocycles. The summed E-state index contributed by atoms with van der Waals surface area (Å²) in [5.41, 5.74) is 1.67. The molecule has 0 saturated carbocycles. The molecule has 3 aromatic rings. The predicted molar refractivity (Wildman–Crippen MR) is 135 cm³/mol. The first kappa shape index (κ1) is 25.7.